The lowest BCUT2D eigenvalue weighted by Gasteiger charge is -2.32. The number of anilines is 2. The van der Waals surface area contributed by atoms with Gasteiger partial charge in [0.05, 0.1) is 12.2 Å². The van der Waals surface area contributed by atoms with Crippen molar-refractivity contribution in [2.45, 2.75) is 25.8 Å². The number of pyridine rings is 1. The van der Waals surface area contributed by atoms with Crippen molar-refractivity contribution in [2.24, 2.45) is 0 Å². The molecule has 2 heterocycles. The number of carbonyl (C=O) groups is 2. The molecule has 1 fully saturated rings. The van der Waals surface area contributed by atoms with E-state index < -0.39 is 5.97 Å². The summed E-state index contributed by atoms with van der Waals surface area (Å²) in [5, 5.41) is 12.7. The Morgan fingerprint density at radius 2 is 2.08 bits per heavy atom. The van der Waals surface area contributed by atoms with Gasteiger partial charge in [0.1, 0.15) is 11.6 Å². The molecule has 0 spiro atoms. The standard InChI is InChI=1S/C17H26N4O4/c1-12(22)21-6-4-14(5-7-21)18-15-10-13(17(23)24)11-16(19-15)20(2)8-9-25-3/h10-11,14H,4-9H2,1-3H3,(H,18,19)(H,23,24). The van der Waals surface area contributed by atoms with E-state index in [-0.39, 0.29) is 17.5 Å². The minimum Gasteiger partial charge on any atom is -0.478 e. The summed E-state index contributed by atoms with van der Waals surface area (Å²) in [7, 11) is 3.47. The summed E-state index contributed by atoms with van der Waals surface area (Å²) >= 11 is 0. The highest BCUT2D eigenvalue weighted by Crippen LogP contribution is 2.21. The molecule has 2 rings (SSSR count). The number of ether oxygens (including phenoxy) is 1. The summed E-state index contributed by atoms with van der Waals surface area (Å²) in [6.45, 7) is 4.12. The summed E-state index contributed by atoms with van der Waals surface area (Å²) in [6, 6.07) is 3.28. The first-order chi connectivity index (χ1) is 11.9. The topological polar surface area (TPSA) is 95.0 Å². The predicted molar refractivity (Wildman–Crippen MR) is 95.2 cm³/mol. The molecule has 1 aliphatic rings. The van der Waals surface area contributed by atoms with Crippen LogP contribution in [0.4, 0.5) is 11.6 Å². The second-order valence-electron chi connectivity index (χ2n) is 6.24. The fraction of sp³-hybridized carbons (Fsp3) is 0.588. The lowest BCUT2D eigenvalue weighted by Crippen LogP contribution is -2.41. The van der Waals surface area contributed by atoms with Gasteiger partial charge in [0, 0.05) is 46.8 Å². The number of carbonyl (C=O) groups excluding carboxylic acids is 1. The van der Waals surface area contributed by atoms with Crippen molar-refractivity contribution >= 4 is 23.5 Å². The number of nitrogens with zero attached hydrogens (tertiary/aromatic N) is 3. The van der Waals surface area contributed by atoms with E-state index in [0.29, 0.717) is 37.9 Å². The number of likely N-dealkylation sites (tertiary alicyclic amines) is 1. The minimum atomic E-state index is -0.988. The van der Waals surface area contributed by atoms with Crippen molar-refractivity contribution in [3.05, 3.63) is 17.7 Å². The second kappa shape index (κ2) is 8.66. The maximum atomic E-state index is 11.4. The zero-order valence-electron chi connectivity index (χ0n) is 15.0. The molecule has 0 atom stereocenters. The monoisotopic (exact) mass is 350 g/mol. The number of methoxy groups -OCH3 is 1. The van der Waals surface area contributed by atoms with Crippen LogP contribution in [0.2, 0.25) is 0 Å². The fourth-order valence-electron chi connectivity index (χ4n) is 2.80. The molecule has 1 aromatic heterocycles. The van der Waals surface area contributed by atoms with Gasteiger partial charge in [-0.3, -0.25) is 4.79 Å². The average Bonchev–Trinajstić information content (AvgIpc) is 2.59. The molecule has 0 saturated carbocycles. The Morgan fingerprint density at radius 1 is 1.40 bits per heavy atom. The van der Waals surface area contributed by atoms with Gasteiger partial charge in [0.2, 0.25) is 5.91 Å². The first-order valence-corrected chi connectivity index (χ1v) is 8.38. The lowest BCUT2D eigenvalue weighted by molar-refractivity contribution is -0.129. The van der Waals surface area contributed by atoms with Crippen molar-refractivity contribution < 1.29 is 19.4 Å². The van der Waals surface area contributed by atoms with Gasteiger partial charge in [-0.1, -0.05) is 0 Å². The molecular formula is C17H26N4O4. The number of piperidine rings is 1. The number of carboxylic acid groups (broad SMARTS) is 1. The highest BCUT2D eigenvalue weighted by atomic mass is 16.5. The van der Waals surface area contributed by atoms with Crippen molar-refractivity contribution in [1.82, 2.24) is 9.88 Å². The van der Waals surface area contributed by atoms with E-state index in [2.05, 4.69) is 10.3 Å². The first-order valence-electron chi connectivity index (χ1n) is 8.38. The first kappa shape index (κ1) is 19.0. The highest BCUT2D eigenvalue weighted by Gasteiger charge is 2.21. The predicted octanol–water partition coefficient (Wildman–Crippen LogP) is 1.29. The third-order valence-corrected chi connectivity index (χ3v) is 4.37. The molecule has 1 aliphatic heterocycles. The van der Waals surface area contributed by atoms with Crippen LogP contribution in [0.25, 0.3) is 0 Å². The molecule has 0 radical (unpaired) electrons. The van der Waals surface area contributed by atoms with Gasteiger partial charge in [-0.2, -0.15) is 0 Å². The number of aromatic nitrogens is 1. The summed E-state index contributed by atoms with van der Waals surface area (Å²) in [5.41, 5.74) is 0.193. The molecular weight excluding hydrogens is 324 g/mol. The van der Waals surface area contributed by atoms with Crippen molar-refractivity contribution in [1.29, 1.82) is 0 Å². The molecule has 0 aliphatic carbocycles. The van der Waals surface area contributed by atoms with E-state index in [0.717, 1.165) is 12.8 Å². The van der Waals surface area contributed by atoms with E-state index in [1.807, 2.05) is 16.8 Å². The third-order valence-electron chi connectivity index (χ3n) is 4.37. The van der Waals surface area contributed by atoms with Gasteiger partial charge in [-0.15, -0.1) is 0 Å². The Hall–Kier alpha value is -2.35. The average molecular weight is 350 g/mol. The summed E-state index contributed by atoms with van der Waals surface area (Å²) in [6.07, 6.45) is 1.63. The van der Waals surface area contributed by atoms with E-state index >= 15 is 0 Å². The van der Waals surface area contributed by atoms with Crippen LogP contribution in [-0.2, 0) is 9.53 Å². The molecule has 138 valence electrons. The van der Waals surface area contributed by atoms with Gasteiger partial charge >= 0.3 is 5.97 Å². The fourth-order valence-corrected chi connectivity index (χ4v) is 2.80. The molecule has 8 nitrogen and oxygen atoms in total. The van der Waals surface area contributed by atoms with Crippen LogP contribution in [0.1, 0.15) is 30.1 Å². The summed E-state index contributed by atoms with van der Waals surface area (Å²) in [5.74, 6) is 0.228. The van der Waals surface area contributed by atoms with Gasteiger partial charge < -0.3 is 25.0 Å². The molecule has 2 N–H and O–H groups in total. The van der Waals surface area contributed by atoms with E-state index in [4.69, 9.17) is 4.74 Å². The molecule has 1 saturated heterocycles. The minimum absolute atomic E-state index is 0.0894. The molecule has 8 heteroatoms. The summed E-state index contributed by atoms with van der Waals surface area (Å²) < 4.78 is 5.06. The Labute approximate surface area is 147 Å². The van der Waals surface area contributed by atoms with Gasteiger partial charge in [0.25, 0.3) is 0 Å². The molecule has 1 aromatic rings. The van der Waals surface area contributed by atoms with Gasteiger partial charge in [0.15, 0.2) is 0 Å². The maximum absolute atomic E-state index is 11.4. The molecule has 0 bridgehead atoms. The van der Waals surface area contributed by atoms with Gasteiger partial charge in [-0.05, 0) is 25.0 Å². The van der Waals surface area contributed by atoms with Crippen LogP contribution in [0.3, 0.4) is 0 Å². The third kappa shape index (κ3) is 5.32. The molecule has 0 aromatic carbocycles. The van der Waals surface area contributed by atoms with Crippen molar-refractivity contribution in [2.75, 3.05) is 50.6 Å². The van der Waals surface area contributed by atoms with Crippen LogP contribution in [-0.4, -0.2) is 73.3 Å². The normalized spacial score (nSPS) is 15.1. The van der Waals surface area contributed by atoms with Crippen LogP contribution in [0.5, 0.6) is 0 Å². The number of likely N-dealkylation sites (N-methyl/N-ethyl adjacent to an activating group) is 1. The van der Waals surface area contributed by atoms with E-state index in [1.54, 1.807) is 26.2 Å². The highest BCUT2D eigenvalue weighted by molar-refractivity contribution is 5.89. The Kier molecular flexibility index (Phi) is 6.58. The number of hydrogen-bond donors (Lipinski definition) is 2. The SMILES string of the molecule is COCCN(C)c1cc(C(=O)O)cc(NC2CCN(C(C)=O)CC2)n1. The van der Waals surface area contributed by atoms with Crippen LogP contribution in [0, 0.1) is 0 Å². The molecule has 1 amide bonds. The van der Waals surface area contributed by atoms with Crippen molar-refractivity contribution in [3.8, 4) is 0 Å². The van der Waals surface area contributed by atoms with E-state index in [1.165, 1.54) is 0 Å². The lowest BCUT2D eigenvalue weighted by atomic mass is 10.0. The maximum Gasteiger partial charge on any atom is 0.335 e. The number of hydrogen-bond acceptors (Lipinski definition) is 6. The number of nitrogens with one attached hydrogen (secondary N) is 1. The van der Waals surface area contributed by atoms with Gasteiger partial charge in [-0.25, -0.2) is 9.78 Å². The van der Waals surface area contributed by atoms with E-state index in [9.17, 15) is 14.7 Å². The molecule has 25 heavy (non-hydrogen) atoms. The smallest absolute Gasteiger partial charge is 0.335 e. The Bertz CT molecular complexity index is 615. The van der Waals surface area contributed by atoms with Crippen LogP contribution >= 0.6 is 0 Å². The quantitative estimate of drug-likeness (QED) is 0.765. The number of amides is 1. The summed E-state index contributed by atoms with van der Waals surface area (Å²) in [4.78, 5) is 31.0. The number of carboxylic acids is 1. The van der Waals surface area contributed by atoms with Crippen LogP contribution < -0.4 is 10.2 Å². The second-order valence-corrected chi connectivity index (χ2v) is 6.24. The Balaban J connectivity index is 2.10. The Morgan fingerprint density at radius 3 is 2.64 bits per heavy atom. The molecule has 0 unspecified atom stereocenters. The largest absolute Gasteiger partial charge is 0.478 e. The number of aromatic carboxylic acids is 1. The van der Waals surface area contributed by atoms with Crippen molar-refractivity contribution in [3.63, 3.8) is 0 Å². The zero-order valence-corrected chi connectivity index (χ0v) is 15.0. The zero-order chi connectivity index (χ0) is 18.4. The number of rotatable bonds is 7. The van der Waals surface area contributed by atoms with Crippen LogP contribution in [0.15, 0.2) is 12.1 Å².